The molecule has 0 atom stereocenters. The molecule has 1 amide bonds. The van der Waals surface area contributed by atoms with Crippen LogP contribution < -0.4 is 5.32 Å². The quantitative estimate of drug-likeness (QED) is 0.527. The van der Waals surface area contributed by atoms with Gasteiger partial charge in [-0.1, -0.05) is 41.6 Å². The summed E-state index contributed by atoms with van der Waals surface area (Å²) < 4.78 is 1.86. The second-order valence-electron chi connectivity index (χ2n) is 5.69. The van der Waals surface area contributed by atoms with Gasteiger partial charge >= 0.3 is 0 Å². The average Bonchev–Trinajstić information content (AvgIpc) is 3.19. The summed E-state index contributed by atoms with van der Waals surface area (Å²) in [6.45, 7) is 1.13. The molecule has 26 heavy (non-hydrogen) atoms. The molecule has 0 saturated heterocycles. The lowest BCUT2D eigenvalue weighted by atomic mass is 10.1. The first-order valence-electron chi connectivity index (χ1n) is 8.25. The maximum atomic E-state index is 12.4. The third-order valence-corrected chi connectivity index (χ3v) is 3.93. The Morgan fingerprint density at radius 2 is 1.92 bits per heavy atom. The van der Waals surface area contributed by atoms with Crippen molar-refractivity contribution in [2.45, 2.75) is 13.1 Å². The molecule has 132 valence electrons. The van der Waals surface area contributed by atoms with Gasteiger partial charge in [-0.25, -0.2) is 0 Å². The molecular formula is C20H20N4O2. The van der Waals surface area contributed by atoms with Crippen molar-refractivity contribution < 1.29 is 9.63 Å². The Kier molecular flexibility index (Phi) is 5.77. The van der Waals surface area contributed by atoms with E-state index in [0.29, 0.717) is 18.7 Å². The maximum absolute atomic E-state index is 12.4. The first-order valence-corrected chi connectivity index (χ1v) is 8.25. The zero-order chi connectivity index (χ0) is 18.2. The second-order valence-corrected chi connectivity index (χ2v) is 5.69. The molecule has 0 aliphatic carbocycles. The van der Waals surface area contributed by atoms with E-state index in [4.69, 9.17) is 0 Å². The molecule has 0 bridgehead atoms. The summed E-state index contributed by atoms with van der Waals surface area (Å²) in [4.78, 5) is 17.0. The Morgan fingerprint density at radius 1 is 1.15 bits per heavy atom. The van der Waals surface area contributed by atoms with Crippen molar-refractivity contribution >= 4 is 12.1 Å². The van der Waals surface area contributed by atoms with Gasteiger partial charge in [-0.3, -0.25) is 9.48 Å². The molecule has 6 heteroatoms. The van der Waals surface area contributed by atoms with Gasteiger partial charge in [0.2, 0.25) is 0 Å². The van der Waals surface area contributed by atoms with Crippen LogP contribution in [0.25, 0.3) is 0 Å². The van der Waals surface area contributed by atoms with Crippen LogP contribution in [0.2, 0.25) is 0 Å². The highest BCUT2D eigenvalue weighted by Gasteiger charge is 2.08. The van der Waals surface area contributed by atoms with Gasteiger partial charge < -0.3 is 10.2 Å². The molecule has 2 aromatic carbocycles. The number of oxime groups is 1. The van der Waals surface area contributed by atoms with E-state index in [1.54, 1.807) is 24.5 Å². The van der Waals surface area contributed by atoms with E-state index in [9.17, 15) is 4.79 Å². The summed E-state index contributed by atoms with van der Waals surface area (Å²) in [5.74, 6) is -0.117. The molecule has 0 saturated carbocycles. The SMILES string of the molecule is CO/N=C/c1ccc(C(=O)NCc2ccccc2Cn2cccn2)cc1. The summed E-state index contributed by atoms with van der Waals surface area (Å²) >= 11 is 0. The Bertz CT molecular complexity index is 871. The lowest BCUT2D eigenvalue weighted by Crippen LogP contribution is -2.23. The molecular weight excluding hydrogens is 328 g/mol. The highest BCUT2D eigenvalue weighted by atomic mass is 16.6. The summed E-state index contributed by atoms with van der Waals surface area (Å²) in [7, 11) is 1.49. The molecule has 0 aliphatic rings. The first-order chi connectivity index (χ1) is 12.8. The molecule has 0 aliphatic heterocycles. The zero-order valence-electron chi connectivity index (χ0n) is 14.5. The number of nitrogens with one attached hydrogen (secondary N) is 1. The van der Waals surface area contributed by atoms with Gasteiger partial charge in [0.25, 0.3) is 5.91 Å². The van der Waals surface area contributed by atoms with E-state index in [0.717, 1.165) is 16.7 Å². The van der Waals surface area contributed by atoms with E-state index in [-0.39, 0.29) is 5.91 Å². The fraction of sp³-hybridized carbons (Fsp3) is 0.150. The number of benzene rings is 2. The van der Waals surface area contributed by atoms with E-state index >= 15 is 0 Å². The van der Waals surface area contributed by atoms with Crippen molar-refractivity contribution in [2.24, 2.45) is 5.16 Å². The van der Waals surface area contributed by atoms with Crippen molar-refractivity contribution in [3.63, 3.8) is 0 Å². The predicted octanol–water partition coefficient (Wildman–Crippen LogP) is 2.84. The standard InChI is InChI=1S/C20H20N4O2/c1-26-23-13-16-7-9-17(10-8-16)20(25)21-14-18-5-2-3-6-19(18)15-24-12-4-11-22-24/h2-13H,14-15H2,1H3,(H,21,25)/b23-13+. The number of carbonyl (C=O) groups excluding carboxylic acids is 1. The Labute approximate surface area is 152 Å². The Morgan fingerprint density at radius 3 is 2.62 bits per heavy atom. The second kappa shape index (κ2) is 8.62. The number of carbonyl (C=O) groups is 1. The lowest BCUT2D eigenvalue weighted by molar-refractivity contribution is 0.0951. The molecule has 1 N–H and O–H groups in total. The van der Waals surface area contributed by atoms with Gasteiger partial charge in [0.05, 0.1) is 12.8 Å². The van der Waals surface area contributed by atoms with Crippen molar-refractivity contribution in [3.8, 4) is 0 Å². The zero-order valence-corrected chi connectivity index (χ0v) is 14.5. The number of hydrogen-bond donors (Lipinski definition) is 1. The van der Waals surface area contributed by atoms with Crippen molar-refractivity contribution in [2.75, 3.05) is 7.11 Å². The molecule has 3 aromatic rings. The number of rotatable bonds is 7. The third-order valence-electron chi connectivity index (χ3n) is 3.93. The topological polar surface area (TPSA) is 68.5 Å². The van der Waals surface area contributed by atoms with E-state index in [1.807, 2.05) is 53.3 Å². The average molecular weight is 348 g/mol. The summed E-state index contributed by atoms with van der Waals surface area (Å²) in [6, 6.07) is 17.1. The molecule has 0 radical (unpaired) electrons. The number of nitrogens with zero attached hydrogens (tertiary/aromatic N) is 3. The highest BCUT2D eigenvalue weighted by molar-refractivity contribution is 5.95. The molecule has 1 heterocycles. The molecule has 3 rings (SSSR count). The molecule has 6 nitrogen and oxygen atoms in total. The predicted molar refractivity (Wildman–Crippen MR) is 100.0 cm³/mol. The first kappa shape index (κ1) is 17.4. The van der Waals surface area contributed by atoms with Gasteiger partial charge in [0, 0.05) is 24.5 Å². The highest BCUT2D eigenvalue weighted by Crippen LogP contribution is 2.11. The van der Waals surface area contributed by atoms with Crippen LogP contribution in [-0.4, -0.2) is 29.0 Å². The molecule has 1 aromatic heterocycles. The monoisotopic (exact) mass is 348 g/mol. The van der Waals surface area contributed by atoms with Crippen LogP contribution in [0.15, 0.2) is 72.1 Å². The van der Waals surface area contributed by atoms with Crippen LogP contribution in [0, 0.1) is 0 Å². The fourth-order valence-corrected chi connectivity index (χ4v) is 2.56. The van der Waals surface area contributed by atoms with E-state index < -0.39 is 0 Å². The normalized spacial score (nSPS) is 10.8. The fourth-order valence-electron chi connectivity index (χ4n) is 2.56. The lowest BCUT2D eigenvalue weighted by Gasteiger charge is -2.11. The van der Waals surface area contributed by atoms with Gasteiger partial charge in [-0.2, -0.15) is 5.10 Å². The van der Waals surface area contributed by atoms with Crippen molar-refractivity contribution in [1.29, 1.82) is 0 Å². The third kappa shape index (κ3) is 4.57. The molecule has 0 fully saturated rings. The minimum Gasteiger partial charge on any atom is -0.399 e. The van der Waals surface area contributed by atoms with Gasteiger partial charge in [-0.15, -0.1) is 0 Å². The van der Waals surface area contributed by atoms with Crippen LogP contribution in [0.1, 0.15) is 27.0 Å². The number of hydrogen-bond acceptors (Lipinski definition) is 4. The minimum absolute atomic E-state index is 0.117. The van der Waals surface area contributed by atoms with Crippen LogP contribution in [-0.2, 0) is 17.9 Å². The molecule has 0 unspecified atom stereocenters. The van der Waals surface area contributed by atoms with Gasteiger partial charge in [0.1, 0.15) is 7.11 Å². The number of amides is 1. The van der Waals surface area contributed by atoms with Crippen LogP contribution in [0.4, 0.5) is 0 Å². The smallest absolute Gasteiger partial charge is 0.251 e. The van der Waals surface area contributed by atoms with Crippen LogP contribution >= 0.6 is 0 Å². The van der Waals surface area contributed by atoms with Crippen molar-refractivity contribution in [1.82, 2.24) is 15.1 Å². The Balaban J connectivity index is 1.63. The Hall–Kier alpha value is -3.41. The summed E-state index contributed by atoms with van der Waals surface area (Å²) in [5, 5.41) is 10.9. The van der Waals surface area contributed by atoms with E-state index in [2.05, 4.69) is 20.4 Å². The number of aromatic nitrogens is 2. The van der Waals surface area contributed by atoms with Crippen LogP contribution in [0.3, 0.4) is 0 Å². The van der Waals surface area contributed by atoms with Gasteiger partial charge in [0.15, 0.2) is 0 Å². The van der Waals surface area contributed by atoms with Gasteiger partial charge in [-0.05, 0) is 34.9 Å². The van der Waals surface area contributed by atoms with Crippen LogP contribution in [0.5, 0.6) is 0 Å². The summed E-state index contributed by atoms with van der Waals surface area (Å²) in [5.41, 5.74) is 3.67. The minimum atomic E-state index is -0.117. The largest absolute Gasteiger partial charge is 0.399 e. The van der Waals surface area contributed by atoms with E-state index in [1.165, 1.54) is 7.11 Å². The van der Waals surface area contributed by atoms with Crippen molar-refractivity contribution in [3.05, 3.63) is 89.2 Å². The molecule has 0 spiro atoms. The summed E-state index contributed by atoms with van der Waals surface area (Å²) in [6.07, 6.45) is 5.27. The maximum Gasteiger partial charge on any atom is 0.251 e.